The summed E-state index contributed by atoms with van der Waals surface area (Å²) in [7, 11) is 0. The van der Waals surface area contributed by atoms with E-state index in [1.807, 2.05) is 12.1 Å². The number of hydrogen-bond acceptors (Lipinski definition) is 2. The molecule has 86 valence electrons. The molecular formula is C12H13Cl2NO. The minimum Gasteiger partial charge on any atom is -0.501 e. The number of ether oxygens (including phenoxy) is 1. The molecule has 2 N–H and O–H groups in total. The average molecular weight is 258 g/mol. The van der Waals surface area contributed by atoms with E-state index in [1.54, 1.807) is 12.3 Å². The standard InChI is InChI=1S/C12H13Cl2NO/c13-10-5-1-4-9(11(10)14)12(15)8-3-2-6-16-7-8/h1,4-5,7,12H,2-3,6,15H2. The van der Waals surface area contributed by atoms with E-state index < -0.39 is 0 Å². The van der Waals surface area contributed by atoms with Crippen LogP contribution < -0.4 is 5.73 Å². The van der Waals surface area contributed by atoms with Crippen molar-refractivity contribution in [3.8, 4) is 0 Å². The van der Waals surface area contributed by atoms with E-state index in [0.717, 1.165) is 30.6 Å². The molecular weight excluding hydrogens is 245 g/mol. The fourth-order valence-corrected chi connectivity index (χ4v) is 2.20. The predicted octanol–water partition coefficient (Wildman–Crippen LogP) is 3.69. The topological polar surface area (TPSA) is 35.2 Å². The van der Waals surface area contributed by atoms with Crippen molar-refractivity contribution in [3.05, 3.63) is 45.6 Å². The Kier molecular flexibility index (Phi) is 3.74. The first-order valence-electron chi connectivity index (χ1n) is 5.20. The van der Waals surface area contributed by atoms with Gasteiger partial charge in [-0.25, -0.2) is 0 Å². The highest BCUT2D eigenvalue weighted by molar-refractivity contribution is 6.42. The second-order valence-corrected chi connectivity index (χ2v) is 4.57. The number of nitrogens with two attached hydrogens (primary N) is 1. The summed E-state index contributed by atoms with van der Waals surface area (Å²) in [4.78, 5) is 0. The molecule has 0 bridgehead atoms. The molecule has 1 aromatic carbocycles. The molecule has 0 saturated carbocycles. The first-order valence-corrected chi connectivity index (χ1v) is 5.96. The van der Waals surface area contributed by atoms with Crippen LogP contribution in [0, 0.1) is 0 Å². The normalized spacial score (nSPS) is 17.6. The Morgan fingerprint density at radius 1 is 1.31 bits per heavy atom. The molecule has 1 unspecified atom stereocenters. The summed E-state index contributed by atoms with van der Waals surface area (Å²) in [5, 5.41) is 1.06. The van der Waals surface area contributed by atoms with Gasteiger partial charge in [0.2, 0.25) is 0 Å². The fraction of sp³-hybridized carbons (Fsp3) is 0.333. The van der Waals surface area contributed by atoms with Crippen LogP contribution in [0.5, 0.6) is 0 Å². The average Bonchev–Trinajstić information content (AvgIpc) is 2.33. The number of halogens is 2. The summed E-state index contributed by atoms with van der Waals surface area (Å²) in [6.45, 7) is 0.763. The van der Waals surface area contributed by atoms with E-state index in [2.05, 4.69) is 0 Å². The second-order valence-electron chi connectivity index (χ2n) is 3.79. The Labute approximate surface area is 105 Å². The quantitative estimate of drug-likeness (QED) is 0.878. The van der Waals surface area contributed by atoms with Crippen molar-refractivity contribution in [3.63, 3.8) is 0 Å². The smallest absolute Gasteiger partial charge is 0.0876 e. The molecule has 1 atom stereocenters. The van der Waals surface area contributed by atoms with Gasteiger partial charge in [-0.15, -0.1) is 0 Å². The summed E-state index contributed by atoms with van der Waals surface area (Å²) in [6.07, 6.45) is 3.69. The van der Waals surface area contributed by atoms with Crippen molar-refractivity contribution in [1.82, 2.24) is 0 Å². The third kappa shape index (κ3) is 2.34. The lowest BCUT2D eigenvalue weighted by Crippen LogP contribution is -2.16. The molecule has 2 nitrogen and oxygen atoms in total. The Balaban J connectivity index is 2.29. The van der Waals surface area contributed by atoms with Crippen LogP contribution in [0.25, 0.3) is 0 Å². The van der Waals surface area contributed by atoms with Gasteiger partial charge in [-0.05, 0) is 30.0 Å². The van der Waals surface area contributed by atoms with E-state index in [9.17, 15) is 0 Å². The number of benzene rings is 1. The van der Waals surface area contributed by atoms with Crippen LogP contribution in [0.2, 0.25) is 10.0 Å². The molecule has 1 aliphatic rings. The van der Waals surface area contributed by atoms with Crippen molar-refractivity contribution in [2.75, 3.05) is 6.61 Å². The predicted molar refractivity (Wildman–Crippen MR) is 66.7 cm³/mol. The molecule has 16 heavy (non-hydrogen) atoms. The molecule has 2 rings (SSSR count). The molecule has 0 aliphatic carbocycles. The van der Waals surface area contributed by atoms with Crippen molar-refractivity contribution in [2.24, 2.45) is 5.73 Å². The van der Waals surface area contributed by atoms with E-state index >= 15 is 0 Å². The van der Waals surface area contributed by atoms with Crippen LogP contribution in [0.3, 0.4) is 0 Å². The zero-order chi connectivity index (χ0) is 11.5. The molecule has 0 amide bonds. The van der Waals surface area contributed by atoms with Crippen molar-refractivity contribution in [1.29, 1.82) is 0 Å². The zero-order valence-corrected chi connectivity index (χ0v) is 10.3. The molecule has 1 heterocycles. The van der Waals surface area contributed by atoms with Gasteiger partial charge in [-0.1, -0.05) is 35.3 Å². The Bertz CT molecular complexity index is 417. The van der Waals surface area contributed by atoms with E-state index in [0.29, 0.717) is 10.0 Å². The van der Waals surface area contributed by atoms with Gasteiger partial charge in [0.25, 0.3) is 0 Å². The van der Waals surface area contributed by atoms with Crippen LogP contribution in [0.15, 0.2) is 30.0 Å². The Morgan fingerprint density at radius 3 is 2.81 bits per heavy atom. The minimum atomic E-state index is -0.230. The molecule has 0 radical (unpaired) electrons. The summed E-state index contributed by atoms with van der Waals surface area (Å²) >= 11 is 12.1. The van der Waals surface area contributed by atoms with E-state index in [1.165, 1.54) is 0 Å². The van der Waals surface area contributed by atoms with Gasteiger partial charge in [0.1, 0.15) is 0 Å². The maximum Gasteiger partial charge on any atom is 0.0876 e. The van der Waals surface area contributed by atoms with Gasteiger partial charge in [0.15, 0.2) is 0 Å². The minimum absolute atomic E-state index is 0.230. The lowest BCUT2D eigenvalue weighted by atomic mass is 9.96. The van der Waals surface area contributed by atoms with E-state index in [4.69, 9.17) is 33.7 Å². The monoisotopic (exact) mass is 257 g/mol. The Morgan fingerprint density at radius 2 is 2.12 bits per heavy atom. The third-order valence-corrected chi connectivity index (χ3v) is 3.51. The molecule has 0 spiro atoms. The third-order valence-electron chi connectivity index (χ3n) is 2.68. The first kappa shape index (κ1) is 11.8. The van der Waals surface area contributed by atoms with Gasteiger partial charge in [0.05, 0.1) is 29.0 Å². The number of rotatable bonds is 2. The van der Waals surface area contributed by atoms with Gasteiger partial charge in [-0.2, -0.15) is 0 Å². The molecule has 0 aromatic heterocycles. The van der Waals surface area contributed by atoms with Crippen LogP contribution >= 0.6 is 23.2 Å². The van der Waals surface area contributed by atoms with Gasteiger partial charge >= 0.3 is 0 Å². The molecule has 1 aliphatic heterocycles. The van der Waals surface area contributed by atoms with Gasteiger partial charge < -0.3 is 10.5 Å². The van der Waals surface area contributed by atoms with Crippen LogP contribution in [0.1, 0.15) is 24.4 Å². The highest BCUT2D eigenvalue weighted by Gasteiger charge is 2.18. The Hall–Kier alpha value is -0.700. The van der Waals surface area contributed by atoms with E-state index in [-0.39, 0.29) is 6.04 Å². The zero-order valence-electron chi connectivity index (χ0n) is 8.75. The molecule has 1 aromatic rings. The lowest BCUT2D eigenvalue weighted by molar-refractivity contribution is 0.221. The highest BCUT2D eigenvalue weighted by atomic mass is 35.5. The summed E-state index contributed by atoms with van der Waals surface area (Å²) in [5.41, 5.74) is 8.07. The summed E-state index contributed by atoms with van der Waals surface area (Å²) in [6, 6.07) is 5.28. The van der Waals surface area contributed by atoms with Gasteiger partial charge in [0, 0.05) is 0 Å². The lowest BCUT2D eigenvalue weighted by Gasteiger charge is -2.21. The summed E-state index contributed by atoms with van der Waals surface area (Å²) < 4.78 is 5.28. The first-order chi connectivity index (χ1) is 7.70. The van der Waals surface area contributed by atoms with Crippen LogP contribution in [0.4, 0.5) is 0 Å². The summed E-state index contributed by atoms with van der Waals surface area (Å²) in [5.74, 6) is 0. The SMILES string of the molecule is NC(C1=COCCC1)c1cccc(Cl)c1Cl. The van der Waals surface area contributed by atoms with Crippen molar-refractivity contribution in [2.45, 2.75) is 18.9 Å². The van der Waals surface area contributed by atoms with Crippen molar-refractivity contribution >= 4 is 23.2 Å². The fourth-order valence-electron chi connectivity index (χ4n) is 1.77. The maximum atomic E-state index is 6.15. The van der Waals surface area contributed by atoms with Crippen LogP contribution in [-0.2, 0) is 4.74 Å². The molecule has 4 heteroatoms. The molecule has 0 fully saturated rings. The maximum absolute atomic E-state index is 6.15. The van der Waals surface area contributed by atoms with Crippen LogP contribution in [-0.4, -0.2) is 6.61 Å². The largest absolute Gasteiger partial charge is 0.501 e. The van der Waals surface area contributed by atoms with Crippen molar-refractivity contribution < 1.29 is 4.74 Å². The highest BCUT2D eigenvalue weighted by Crippen LogP contribution is 2.33. The number of hydrogen-bond donors (Lipinski definition) is 1. The second kappa shape index (κ2) is 5.09. The molecule has 0 saturated heterocycles. The van der Waals surface area contributed by atoms with Gasteiger partial charge in [-0.3, -0.25) is 0 Å².